The van der Waals surface area contributed by atoms with Crippen molar-refractivity contribution in [3.05, 3.63) is 59.3 Å². The van der Waals surface area contributed by atoms with Crippen LogP contribution in [0.1, 0.15) is 56.6 Å². The van der Waals surface area contributed by atoms with Crippen LogP contribution in [0.5, 0.6) is 5.75 Å². The van der Waals surface area contributed by atoms with Gasteiger partial charge in [0.05, 0.1) is 35.3 Å². The summed E-state index contributed by atoms with van der Waals surface area (Å²) in [5, 5.41) is 12.7. The van der Waals surface area contributed by atoms with E-state index in [1.807, 2.05) is 23.3 Å². The normalized spacial score (nSPS) is 18.7. The summed E-state index contributed by atoms with van der Waals surface area (Å²) in [6.45, 7) is 7.35. The first-order chi connectivity index (χ1) is 18.7. The smallest absolute Gasteiger partial charge is 0.422 e. The maximum atomic E-state index is 14.8. The highest BCUT2D eigenvalue weighted by atomic mass is 32.2. The van der Waals surface area contributed by atoms with Crippen LogP contribution in [0.4, 0.5) is 24.5 Å². The molecule has 2 fully saturated rings. The molecule has 39 heavy (non-hydrogen) atoms. The van der Waals surface area contributed by atoms with Gasteiger partial charge in [0.25, 0.3) is 0 Å². The summed E-state index contributed by atoms with van der Waals surface area (Å²) in [4.78, 5) is 2.59. The van der Waals surface area contributed by atoms with E-state index in [1.54, 1.807) is 18.5 Å². The molecule has 4 rings (SSSR count). The van der Waals surface area contributed by atoms with Gasteiger partial charge >= 0.3 is 6.18 Å². The third-order valence-electron chi connectivity index (χ3n) is 7.13. The SMILES string of the molecule is C=C(S/C=C(\C)C(=P)Nc1ccc(OC2CCCC2)c(C(F)(F)F)c1N1CCC[C@@H](CN)C1)c1ccnnc1. The Morgan fingerprint density at radius 1 is 1.23 bits per heavy atom. The number of anilines is 2. The number of nitrogens with one attached hydrogen (secondary N) is 1. The zero-order chi connectivity index (χ0) is 28.0. The molecule has 2 heterocycles. The fraction of sp³-hybridized carbons (Fsp3) is 0.464. The summed E-state index contributed by atoms with van der Waals surface area (Å²) in [6.07, 6.45) is 3.59. The topological polar surface area (TPSA) is 76.3 Å². The summed E-state index contributed by atoms with van der Waals surface area (Å²) in [5.41, 5.74) is 7.87. The Kier molecular flexibility index (Phi) is 9.96. The third-order valence-corrected chi connectivity index (χ3v) is 8.64. The molecule has 210 valence electrons. The van der Waals surface area contributed by atoms with E-state index in [0.717, 1.165) is 54.6 Å². The van der Waals surface area contributed by atoms with Gasteiger partial charge < -0.3 is 20.7 Å². The van der Waals surface area contributed by atoms with Crippen LogP contribution < -0.4 is 20.7 Å². The van der Waals surface area contributed by atoms with Gasteiger partial charge in [-0.2, -0.15) is 23.4 Å². The minimum absolute atomic E-state index is 0.106. The van der Waals surface area contributed by atoms with Crippen molar-refractivity contribution in [3.8, 4) is 5.75 Å². The molecule has 1 aliphatic heterocycles. The molecular weight excluding hydrogens is 542 g/mol. The van der Waals surface area contributed by atoms with Crippen LogP contribution in [0, 0.1) is 5.92 Å². The van der Waals surface area contributed by atoms with Crippen molar-refractivity contribution in [2.24, 2.45) is 11.7 Å². The second-order valence-electron chi connectivity index (χ2n) is 10.0. The number of nitrogens with zero attached hydrogens (tertiary/aromatic N) is 3. The zero-order valence-electron chi connectivity index (χ0n) is 22.1. The van der Waals surface area contributed by atoms with Crippen LogP contribution in [0.15, 0.2) is 48.2 Å². The van der Waals surface area contributed by atoms with Crippen LogP contribution in [-0.4, -0.2) is 41.4 Å². The highest BCUT2D eigenvalue weighted by Crippen LogP contribution is 2.48. The lowest BCUT2D eigenvalue weighted by Crippen LogP contribution is -2.40. The van der Waals surface area contributed by atoms with Gasteiger partial charge in [0.15, 0.2) is 0 Å². The number of piperidine rings is 1. The van der Waals surface area contributed by atoms with Gasteiger partial charge in [-0.05, 0) is 87.1 Å². The molecule has 1 aromatic heterocycles. The standard InChI is InChI=1S/C28H35F3N5OPS/c1-18(17-39-19(2)21-11-12-33-34-15-21)27(38)35-23-9-10-24(37-22-7-3-4-8-22)25(28(29,30)31)26(23)36-13-5-6-20(14-32)16-36/h9-12,15,17,20,22,35,38H,2-8,13-14,16,32H2,1H3/b18-17+/t20-/m0/s1. The lowest BCUT2D eigenvalue weighted by Gasteiger charge is -2.37. The van der Waals surface area contributed by atoms with E-state index in [4.69, 9.17) is 10.5 Å². The number of benzene rings is 1. The molecule has 0 radical (unpaired) electrons. The number of hydrogen-bond donors (Lipinski definition) is 2. The predicted octanol–water partition coefficient (Wildman–Crippen LogP) is 6.98. The molecule has 11 heteroatoms. The van der Waals surface area contributed by atoms with Gasteiger partial charge in [0.1, 0.15) is 11.3 Å². The number of halogens is 3. The highest BCUT2D eigenvalue weighted by Gasteiger charge is 2.41. The highest BCUT2D eigenvalue weighted by molar-refractivity contribution is 8.10. The van der Waals surface area contributed by atoms with Crippen molar-refractivity contribution in [1.82, 2.24) is 10.2 Å². The number of alkyl halides is 3. The molecule has 6 nitrogen and oxygen atoms in total. The van der Waals surface area contributed by atoms with Gasteiger partial charge in [-0.25, -0.2) is 0 Å². The second-order valence-corrected chi connectivity index (χ2v) is 11.5. The molecule has 1 aromatic carbocycles. The first-order valence-corrected chi connectivity index (χ1v) is 14.6. The van der Waals surface area contributed by atoms with Crippen molar-refractivity contribution in [2.45, 2.75) is 57.7 Å². The Bertz CT molecular complexity index is 1200. The molecule has 3 N–H and O–H groups in total. The molecule has 0 amide bonds. The predicted molar refractivity (Wildman–Crippen MR) is 158 cm³/mol. The molecule has 0 spiro atoms. The first kappa shape index (κ1) is 29.4. The quantitative estimate of drug-likeness (QED) is 0.295. The number of aromatic nitrogens is 2. The Morgan fingerprint density at radius 2 is 2.00 bits per heavy atom. The fourth-order valence-electron chi connectivity index (χ4n) is 5.00. The average molecular weight is 578 g/mol. The van der Waals surface area contributed by atoms with Crippen LogP contribution in [0.3, 0.4) is 0 Å². The number of nitrogens with two attached hydrogens (primary N) is 1. The van der Waals surface area contributed by atoms with E-state index < -0.39 is 11.7 Å². The molecule has 2 aromatic rings. The number of ether oxygens (including phenoxy) is 1. The maximum absolute atomic E-state index is 14.8. The van der Waals surface area contributed by atoms with E-state index in [0.29, 0.717) is 30.7 Å². The molecule has 1 saturated carbocycles. The molecule has 1 saturated heterocycles. The average Bonchev–Trinajstić information content (AvgIpc) is 3.45. The summed E-state index contributed by atoms with van der Waals surface area (Å²) < 4.78 is 50.2. The molecule has 1 aliphatic carbocycles. The van der Waals surface area contributed by atoms with Crippen LogP contribution in [0.2, 0.25) is 0 Å². The Hall–Kier alpha value is -2.55. The second kappa shape index (κ2) is 13.2. The Balaban J connectivity index is 1.65. The van der Waals surface area contributed by atoms with E-state index in [1.165, 1.54) is 17.8 Å². The van der Waals surface area contributed by atoms with Crippen LogP contribution in [-0.2, 0) is 6.18 Å². The third kappa shape index (κ3) is 7.56. The van der Waals surface area contributed by atoms with E-state index in [-0.39, 0.29) is 23.5 Å². The zero-order valence-corrected chi connectivity index (χ0v) is 23.9. The minimum atomic E-state index is -4.60. The van der Waals surface area contributed by atoms with Crippen molar-refractivity contribution >= 4 is 42.3 Å². The molecule has 2 aliphatic rings. The maximum Gasteiger partial charge on any atom is 0.422 e. The van der Waals surface area contributed by atoms with E-state index in [2.05, 4.69) is 31.0 Å². The van der Waals surface area contributed by atoms with Crippen molar-refractivity contribution in [1.29, 1.82) is 0 Å². The lowest BCUT2D eigenvalue weighted by atomic mass is 9.96. The van der Waals surface area contributed by atoms with Crippen molar-refractivity contribution < 1.29 is 17.9 Å². The number of rotatable bonds is 10. The van der Waals surface area contributed by atoms with Gasteiger partial charge in [-0.15, -0.1) is 0 Å². The lowest BCUT2D eigenvalue weighted by molar-refractivity contribution is -0.138. The summed E-state index contributed by atoms with van der Waals surface area (Å²) in [5.74, 6) is 0.0242. The fourth-order valence-corrected chi connectivity index (χ4v) is 6.00. The van der Waals surface area contributed by atoms with E-state index >= 15 is 0 Å². The van der Waals surface area contributed by atoms with Gasteiger partial charge in [0, 0.05) is 23.6 Å². The van der Waals surface area contributed by atoms with Crippen molar-refractivity contribution in [3.63, 3.8) is 0 Å². The minimum Gasteiger partial charge on any atom is -0.490 e. The Labute approximate surface area is 234 Å². The monoisotopic (exact) mass is 577 g/mol. The van der Waals surface area contributed by atoms with Gasteiger partial charge in [-0.1, -0.05) is 27.2 Å². The van der Waals surface area contributed by atoms with Crippen LogP contribution >= 0.6 is 20.6 Å². The van der Waals surface area contributed by atoms with Gasteiger partial charge in [0.2, 0.25) is 0 Å². The molecule has 1 atom stereocenters. The van der Waals surface area contributed by atoms with Gasteiger partial charge in [-0.3, -0.25) is 0 Å². The van der Waals surface area contributed by atoms with Crippen LogP contribution in [0.25, 0.3) is 4.91 Å². The molecule has 0 bridgehead atoms. The Morgan fingerprint density at radius 3 is 2.67 bits per heavy atom. The molecular formula is C28H35F3N5OPS. The summed E-state index contributed by atoms with van der Waals surface area (Å²) >= 11 is 1.40. The number of hydrogen-bond acceptors (Lipinski definition) is 6. The largest absolute Gasteiger partial charge is 0.490 e. The first-order valence-electron chi connectivity index (χ1n) is 13.2. The van der Waals surface area contributed by atoms with Crippen molar-refractivity contribution in [2.75, 3.05) is 29.9 Å². The van der Waals surface area contributed by atoms with E-state index in [9.17, 15) is 13.2 Å². The summed E-state index contributed by atoms with van der Waals surface area (Å²) in [6, 6.07) is 4.95. The molecule has 0 unspecified atom stereocenters. The number of thioether (sulfide) groups is 1. The summed E-state index contributed by atoms with van der Waals surface area (Å²) in [7, 11) is 3.62.